The molecule has 0 aliphatic rings. The fourth-order valence-corrected chi connectivity index (χ4v) is 3.86. The van der Waals surface area contributed by atoms with Crippen LogP contribution < -0.4 is 16.6 Å². The van der Waals surface area contributed by atoms with E-state index in [2.05, 4.69) is 5.32 Å². The Hall–Kier alpha value is -3.46. The van der Waals surface area contributed by atoms with Gasteiger partial charge in [0.15, 0.2) is 0 Å². The standard InChI is InChI=1S/C20H16FN3O4S/c21-15-6-2-1-4-13(15)11-24-19(26)18-16(7-9-29-18)23(20(24)27)12-17(25)22-10-14-5-3-8-28-14/h1-9H,10-12H2,(H,22,25). The summed E-state index contributed by atoms with van der Waals surface area (Å²) in [6.07, 6.45) is 1.50. The lowest BCUT2D eigenvalue weighted by atomic mass is 10.2. The van der Waals surface area contributed by atoms with Crippen molar-refractivity contribution in [3.8, 4) is 0 Å². The van der Waals surface area contributed by atoms with Gasteiger partial charge in [-0.15, -0.1) is 11.3 Å². The van der Waals surface area contributed by atoms with Gasteiger partial charge in [-0.05, 0) is 29.6 Å². The summed E-state index contributed by atoms with van der Waals surface area (Å²) in [5.41, 5.74) is -0.577. The van der Waals surface area contributed by atoms with E-state index in [4.69, 9.17) is 4.42 Å². The van der Waals surface area contributed by atoms with E-state index in [9.17, 15) is 18.8 Å². The second-order valence-corrected chi connectivity index (χ2v) is 7.26. The third-order valence-electron chi connectivity index (χ3n) is 4.46. The van der Waals surface area contributed by atoms with E-state index in [1.165, 1.54) is 40.4 Å². The van der Waals surface area contributed by atoms with Gasteiger partial charge in [-0.2, -0.15) is 0 Å². The van der Waals surface area contributed by atoms with Crippen LogP contribution in [0.2, 0.25) is 0 Å². The Morgan fingerprint density at radius 1 is 1.10 bits per heavy atom. The molecule has 1 aromatic carbocycles. The first-order valence-electron chi connectivity index (χ1n) is 8.78. The van der Waals surface area contributed by atoms with Crippen molar-refractivity contribution < 1.29 is 13.6 Å². The third-order valence-corrected chi connectivity index (χ3v) is 5.36. The van der Waals surface area contributed by atoms with Crippen molar-refractivity contribution in [2.75, 3.05) is 0 Å². The summed E-state index contributed by atoms with van der Waals surface area (Å²) in [5.74, 6) is -0.337. The molecule has 0 atom stereocenters. The molecular formula is C20H16FN3O4S. The summed E-state index contributed by atoms with van der Waals surface area (Å²) < 4.78 is 21.7. The van der Waals surface area contributed by atoms with E-state index in [0.717, 1.165) is 4.57 Å². The maximum atomic E-state index is 14.0. The van der Waals surface area contributed by atoms with Crippen LogP contribution in [0.1, 0.15) is 11.3 Å². The number of thiophene rings is 1. The number of amides is 1. The number of hydrogen-bond acceptors (Lipinski definition) is 5. The van der Waals surface area contributed by atoms with Gasteiger partial charge in [0.2, 0.25) is 5.91 Å². The Labute approximate surface area is 167 Å². The average molecular weight is 413 g/mol. The summed E-state index contributed by atoms with van der Waals surface area (Å²) in [6, 6.07) is 11.0. The lowest BCUT2D eigenvalue weighted by Crippen LogP contribution is -2.42. The van der Waals surface area contributed by atoms with Crippen molar-refractivity contribution in [2.45, 2.75) is 19.6 Å². The minimum Gasteiger partial charge on any atom is -0.467 e. The second-order valence-electron chi connectivity index (χ2n) is 6.34. The summed E-state index contributed by atoms with van der Waals surface area (Å²) in [7, 11) is 0. The van der Waals surface area contributed by atoms with E-state index >= 15 is 0 Å². The molecule has 0 radical (unpaired) electrons. The topological polar surface area (TPSA) is 86.2 Å². The van der Waals surface area contributed by atoms with Gasteiger partial charge >= 0.3 is 5.69 Å². The number of benzene rings is 1. The van der Waals surface area contributed by atoms with E-state index in [-0.39, 0.29) is 25.2 Å². The van der Waals surface area contributed by atoms with Crippen molar-refractivity contribution in [3.63, 3.8) is 0 Å². The number of halogens is 1. The molecule has 3 aromatic heterocycles. The van der Waals surface area contributed by atoms with Gasteiger partial charge in [0.25, 0.3) is 5.56 Å². The largest absolute Gasteiger partial charge is 0.467 e. The van der Waals surface area contributed by atoms with E-state index in [0.29, 0.717) is 16.0 Å². The summed E-state index contributed by atoms with van der Waals surface area (Å²) in [4.78, 5) is 38.1. The van der Waals surface area contributed by atoms with Gasteiger partial charge in [0.1, 0.15) is 22.8 Å². The van der Waals surface area contributed by atoms with Gasteiger partial charge < -0.3 is 9.73 Å². The molecule has 0 bridgehead atoms. The molecule has 0 saturated heterocycles. The van der Waals surface area contributed by atoms with Gasteiger partial charge in [0.05, 0.1) is 24.9 Å². The van der Waals surface area contributed by atoms with Gasteiger partial charge in [-0.1, -0.05) is 18.2 Å². The number of furan rings is 1. The van der Waals surface area contributed by atoms with Gasteiger partial charge in [-0.25, -0.2) is 9.18 Å². The predicted molar refractivity (Wildman–Crippen MR) is 106 cm³/mol. The third kappa shape index (κ3) is 3.77. The monoisotopic (exact) mass is 413 g/mol. The Kier molecular flexibility index (Phi) is 5.13. The van der Waals surface area contributed by atoms with Crippen LogP contribution in [0.15, 0.2) is 68.1 Å². The molecule has 0 fully saturated rings. The lowest BCUT2D eigenvalue weighted by Gasteiger charge is -2.12. The molecule has 4 rings (SSSR count). The molecule has 1 N–H and O–H groups in total. The smallest absolute Gasteiger partial charge is 0.332 e. The van der Waals surface area contributed by atoms with Crippen LogP contribution in [-0.2, 0) is 24.4 Å². The van der Waals surface area contributed by atoms with Crippen LogP contribution in [0.4, 0.5) is 4.39 Å². The predicted octanol–water partition coefficient (Wildman–Crippen LogP) is 2.32. The quantitative estimate of drug-likeness (QED) is 0.526. The molecule has 148 valence electrons. The molecular weight excluding hydrogens is 397 g/mol. The molecule has 0 aliphatic heterocycles. The van der Waals surface area contributed by atoms with E-state index < -0.39 is 23.0 Å². The zero-order valence-electron chi connectivity index (χ0n) is 15.1. The van der Waals surface area contributed by atoms with Gasteiger partial charge in [-0.3, -0.25) is 18.7 Å². The highest BCUT2D eigenvalue weighted by atomic mass is 32.1. The molecule has 0 aliphatic carbocycles. The first kappa shape index (κ1) is 18.9. The number of fused-ring (bicyclic) bond motifs is 1. The number of nitrogens with one attached hydrogen (secondary N) is 1. The van der Waals surface area contributed by atoms with Crippen molar-refractivity contribution >= 4 is 27.5 Å². The molecule has 0 saturated carbocycles. The number of carbonyl (C=O) groups excluding carboxylic acids is 1. The van der Waals surface area contributed by atoms with Crippen molar-refractivity contribution in [3.05, 3.63) is 92.1 Å². The van der Waals surface area contributed by atoms with Crippen molar-refractivity contribution in [2.24, 2.45) is 0 Å². The number of hydrogen-bond donors (Lipinski definition) is 1. The van der Waals surface area contributed by atoms with Gasteiger partial charge in [0, 0.05) is 5.56 Å². The van der Waals surface area contributed by atoms with E-state index in [1.807, 2.05) is 0 Å². The normalized spacial score (nSPS) is 11.1. The molecule has 9 heteroatoms. The average Bonchev–Trinajstić information content (AvgIpc) is 3.40. The molecule has 3 heterocycles. The van der Waals surface area contributed by atoms with Crippen LogP contribution in [0.25, 0.3) is 10.2 Å². The Morgan fingerprint density at radius 2 is 1.93 bits per heavy atom. The first-order chi connectivity index (χ1) is 14.0. The van der Waals surface area contributed by atoms with Crippen LogP contribution in [0.5, 0.6) is 0 Å². The minimum atomic E-state index is -0.669. The van der Waals surface area contributed by atoms with Crippen LogP contribution in [0.3, 0.4) is 0 Å². The Morgan fingerprint density at radius 3 is 2.69 bits per heavy atom. The molecule has 29 heavy (non-hydrogen) atoms. The molecule has 0 unspecified atom stereocenters. The zero-order valence-corrected chi connectivity index (χ0v) is 15.9. The minimum absolute atomic E-state index is 0.183. The highest BCUT2D eigenvalue weighted by Gasteiger charge is 2.17. The molecule has 4 aromatic rings. The maximum absolute atomic E-state index is 14.0. The lowest BCUT2D eigenvalue weighted by molar-refractivity contribution is -0.121. The van der Waals surface area contributed by atoms with Crippen molar-refractivity contribution in [1.29, 1.82) is 0 Å². The highest BCUT2D eigenvalue weighted by Crippen LogP contribution is 2.16. The fraction of sp³-hybridized carbons (Fsp3) is 0.150. The first-order valence-corrected chi connectivity index (χ1v) is 9.66. The second kappa shape index (κ2) is 7.88. The molecule has 7 nitrogen and oxygen atoms in total. The number of rotatable bonds is 6. The highest BCUT2D eigenvalue weighted by molar-refractivity contribution is 7.17. The summed E-state index contributed by atoms with van der Waals surface area (Å²) >= 11 is 1.17. The molecule has 1 amide bonds. The number of nitrogens with zero attached hydrogens (tertiary/aromatic N) is 2. The fourth-order valence-electron chi connectivity index (χ4n) is 3.02. The van der Waals surface area contributed by atoms with Crippen LogP contribution in [0, 0.1) is 5.82 Å². The zero-order chi connectivity index (χ0) is 20.4. The Bertz CT molecular complexity index is 1290. The number of aromatic nitrogens is 2. The van der Waals surface area contributed by atoms with E-state index in [1.54, 1.807) is 29.6 Å². The van der Waals surface area contributed by atoms with Crippen LogP contribution >= 0.6 is 11.3 Å². The summed E-state index contributed by atoms with van der Waals surface area (Å²) in [6.45, 7) is -0.307. The van der Waals surface area contributed by atoms with Crippen molar-refractivity contribution in [1.82, 2.24) is 14.5 Å². The molecule has 0 spiro atoms. The summed E-state index contributed by atoms with van der Waals surface area (Å²) in [5, 5.41) is 4.35. The Balaban J connectivity index is 1.69. The maximum Gasteiger partial charge on any atom is 0.332 e. The SMILES string of the molecule is O=C(Cn1c(=O)n(Cc2ccccc2F)c(=O)c2sccc21)NCc1ccco1. The number of carbonyl (C=O) groups is 1. The van der Waals surface area contributed by atoms with Crippen LogP contribution in [-0.4, -0.2) is 15.0 Å².